The van der Waals surface area contributed by atoms with Crippen molar-refractivity contribution in [2.45, 2.75) is 38.8 Å². The van der Waals surface area contributed by atoms with Gasteiger partial charge in [0.2, 0.25) is 0 Å². The minimum Gasteiger partial charge on any atom is -0.288 e. The molecule has 1 nitrogen and oxygen atoms in total. The molecular weight excluding hydrogens is 170 g/mol. The molecule has 1 heterocycles. The lowest BCUT2D eigenvalue weighted by Gasteiger charge is -2.17. The molecule has 2 rings (SSSR count). The fourth-order valence-corrected chi connectivity index (χ4v) is 2.21. The van der Waals surface area contributed by atoms with Crippen LogP contribution < -0.4 is 0 Å². The van der Waals surface area contributed by atoms with Crippen LogP contribution in [0, 0.1) is 0 Å². The van der Waals surface area contributed by atoms with E-state index in [1.807, 2.05) is 0 Å². The van der Waals surface area contributed by atoms with E-state index in [2.05, 4.69) is 56.0 Å². The third-order valence-electron chi connectivity index (χ3n) is 3.53. The molecule has 0 bridgehead atoms. The molecule has 0 radical (unpaired) electrons. The molecule has 1 aliphatic rings. The fourth-order valence-electron chi connectivity index (χ4n) is 2.21. The summed E-state index contributed by atoms with van der Waals surface area (Å²) < 4.78 is 0. The van der Waals surface area contributed by atoms with Crippen molar-refractivity contribution in [3.05, 3.63) is 35.9 Å². The summed E-state index contributed by atoms with van der Waals surface area (Å²) in [5.74, 6) is 0. The molecule has 0 aromatic heterocycles. The first-order chi connectivity index (χ1) is 6.68. The van der Waals surface area contributed by atoms with Crippen LogP contribution in [0.4, 0.5) is 0 Å². The highest BCUT2D eigenvalue weighted by molar-refractivity contribution is 5.30. The Kier molecular flexibility index (Phi) is 2.36. The summed E-state index contributed by atoms with van der Waals surface area (Å²) in [5.41, 5.74) is 1.77. The maximum absolute atomic E-state index is 2.57. The highest BCUT2D eigenvalue weighted by atomic mass is 15.4. The van der Waals surface area contributed by atoms with Crippen LogP contribution in [0.3, 0.4) is 0 Å². The molecule has 76 valence electrons. The van der Waals surface area contributed by atoms with Gasteiger partial charge in [0, 0.05) is 12.6 Å². The van der Waals surface area contributed by atoms with Crippen LogP contribution in [0.15, 0.2) is 30.3 Å². The summed E-state index contributed by atoms with van der Waals surface area (Å²) >= 11 is 0. The van der Waals surface area contributed by atoms with Crippen LogP contribution in [0.5, 0.6) is 0 Å². The molecule has 1 aromatic carbocycles. The summed E-state index contributed by atoms with van der Waals surface area (Å²) in [5, 5.41) is 0. The van der Waals surface area contributed by atoms with Crippen molar-refractivity contribution in [1.29, 1.82) is 0 Å². The monoisotopic (exact) mass is 189 g/mol. The van der Waals surface area contributed by atoms with Gasteiger partial charge in [-0.2, -0.15) is 0 Å². The summed E-state index contributed by atoms with van der Waals surface area (Å²) in [7, 11) is 0. The average Bonchev–Trinajstić information content (AvgIpc) is 2.93. The van der Waals surface area contributed by atoms with Crippen molar-refractivity contribution in [2.75, 3.05) is 6.54 Å². The van der Waals surface area contributed by atoms with E-state index < -0.39 is 0 Å². The van der Waals surface area contributed by atoms with E-state index in [1.54, 1.807) is 0 Å². The SMILES string of the molecule is CCC(C)N1C[C@@]1(C)c1ccccc1. The molecular formula is C13H19N. The normalized spacial score (nSPS) is 32.6. The molecule has 1 heteroatoms. The first-order valence-corrected chi connectivity index (χ1v) is 5.50. The van der Waals surface area contributed by atoms with Gasteiger partial charge in [-0.15, -0.1) is 0 Å². The third kappa shape index (κ3) is 1.46. The van der Waals surface area contributed by atoms with Gasteiger partial charge in [0.1, 0.15) is 0 Å². The molecule has 1 saturated heterocycles. The zero-order valence-electron chi connectivity index (χ0n) is 9.33. The van der Waals surface area contributed by atoms with Crippen LogP contribution in [0.25, 0.3) is 0 Å². The van der Waals surface area contributed by atoms with Crippen molar-refractivity contribution in [3.8, 4) is 0 Å². The number of rotatable bonds is 3. The molecule has 1 aliphatic heterocycles. The second-order valence-electron chi connectivity index (χ2n) is 4.53. The van der Waals surface area contributed by atoms with E-state index in [-0.39, 0.29) is 0 Å². The fraction of sp³-hybridized carbons (Fsp3) is 0.538. The molecule has 0 saturated carbocycles. The summed E-state index contributed by atoms with van der Waals surface area (Å²) in [6.07, 6.45) is 1.24. The number of benzene rings is 1. The van der Waals surface area contributed by atoms with E-state index in [0.29, 0.717) is 11.6 Å². The summed E-state index contributed by atoms with van der Waals surface area (Å²) in [6, 6.07) is 11.5. The summed E-state index contributed by atoms with van der Waals surface area (Å²) in [4.78, 5) is 2.57. The Bertz CT molecular complexity index is 306. The first-order valence-electron chi connectivity index (χ1n) is 5.50. The molecule has 1 aromatic rings. The van der Waals surface area contributed by atoms with E-state index >= 15 is 0 Å². The lowest BCUT2D eigenvalue weighted by molar-refractivity contribution is 0.337. The van der Waals surface area contributed by atoms with Gasteiger partial charge in [0.15, 0.2) is 0 Å². The van der Waals surface area contributed by atoms with Gasteiger partial charge < -0.3 is 0 Å². The zero-order valence-corrected chi connectivity index (χ0v) is 9.33. The molecule has 0 N–H and O–H groups in total. The van der Waals surface area contributed by atoms with Gasteiger partial charge in [0.05, 0.1) is 5.54 Å². The Morgan fingerprint density at radius 1 is 1.36 bits per heavy atom. The minimum atomic E-state index is 0.316. The molecule has 3 atom stereocenters. The van der Waals surface area contributed by atoms with Crippen molar-refractivity contribution >= 4 is 0 Å². The Labute approximate surface area is 86.7 Å². The first kappa shape index (κ1) is 9.72. The van der Waals surface area contributed by atoms with Crippen molar-refractivity contribution in [2.24, 2.45) is 0 Å². The summed E-state index contributed by atoms with van der Waals surface area (Å²) in [6.45, 7) is 8.13. The van der Waals surface area contributed by atoms with Crippen molar-refractivity contribution < 1.29 is 0 Å². The largest absolute Gasteiger partial charge is 0.288 e. The Balaban J connectivity index is 2.15. The van der Waals surface area contributed by atoms with Gasteiger partial charge in [-0.05, 0) is 25.8 Å². The lowest BCUT2D eigenvalue weighted by atomic mass is 10.0. The smallest absolute Gasteiger partial charge is 0.0563 e. The zero-order chi connectivity index (χ0) is 10.2. The molecule has 14 heavy (non-hydrogen) atoms. The van der Waals surface area contributed by atoms with Crippen LogP contribution in [-0.2, 0) is 5.54 Å². The maximum Gasteiger partial charge on any atom is 0.0563 e. The molecule has 2 unspecified atom stereocenters. The number of nitrogens with zero attached hydrogens (tertiary/aromatic N) is 1. The van der Waals surface area contributed by atoms with Gasteiger partial charge in [-0.1, -0.05) is 37.3 Å². The molecule has 1 fully saturated rings. The average molecular weight is 189 g/mol. The van der Waals surface area contributed by atoms with Crippen LogP contribution in [-0.4, -0.2) is 17.5 Å². The van der Waals surface area contributed by atoms with Crippen molar-refractivity contribution in [3.63, 3.8) is 0 Å². The molecule has 0 spiro atoms. The second kappa shape index (κ2) is 3.39. The third-order valence-corrected chi connectivity index (χ3v) is 3.53. The standard InChI is InChI=1S/C13H19N/c1-4-11(2)14-10-13(14,3)12-8-6-5-7-9-12/h5-9,11H,4,10H2,1-3H3/t11?,13-,14?/m0/s1. The van der Waals surface area contributed by atoms with Crippen molar-refractivity contribution in [1.82, 2.24) is 4.90 Å². The highest BCUT2D eigenvalue weighted by Crippen LogP contribution is 2.44. The van der Waals surface area contributed by atoms with Crippen LogP contribution in [0.2, 0.25) is 0 Å². The van der Waals surface area contributed by atoms with Gasteiger partial charge >= 0.3 is 0 Å². The van der Waals surface area contributed by atoms with Gasteiger partial charge in [-0.3, -0.25) is 4.90 Å². The maximum atomic E-state index is 2.57. The van der Waals surface area contributed by atoms with E-state index in [1.165, 1.54) is 18.5 Å². The van der Waals surface area contributed by atoms with E-state index in [4.69, 9.17) is 0 Å². The minimum absolute atomic E-state index is 0.316. The van der Waals surface area contributed by atoms with E-state index in [0.717, 1.165) is 0 Å². The Morgan fingerprint density at radius 2 is 2.00 bits per heavy atom. The van der Waals surface area contributed by atoms with Crippen LogP contribution >= 0.6 is 0 Å². The Hall–Kier alpha value is -0.820. The predicted octanol–water partition coefficient (Wildman–Crippen LogP) is 3.02. The molecule has 0 aliphatic carbocycles. The topological polar surface area (TPSA) is 3.01 Å². The predicted molar refractivity (Wildman–Crippen MR) is 60.3 cm³/mol. The van der Waals surface area contributed by atoms with E-state index in [9.17, 15) is 0 Å². The lowest BCUT2D eigenvalue weighted by Crippen LogP contribution is -2.20. The van der Waals surface area contributed by atoms with Gasteiger partial charge in [0.25, 0.3) is 0 Å². The Morgan fingerprint density at radius 3 is 2.57 bits per heavy atom. The number of hydrogen-bond acceptors (Lipinski definition) is 1. The molecule has 0 amide bonds. The number of hydrogen-bond donors (Lipinski definition) is 0. The van der Waals surface area contributed by atoms with Crippen LogP contribution in [0.1, 0.15) is 32.8 Å². The van der Waals surface area contributed by atoms with Gasteiger partial charge in [-0.25, -0.2) is 0 Å². The highest BCUT2D eigenvalue weighted by Gasteiger charge is 2.50. The quantitative estimate of drug-likeness (QED) is 0.660. The second-order valence-corrected chi connectivity index (χ2v) is 4.53.